The molecule has 23 heavy (non-hydrogen) atoms. The van der Waals surface area contributed by atoms with Crippen LogP contribution in [0.4, 0.5) is 0 Å². The molecule has 2 aromatic rings. The Morgan fingerprint density at radius 3 is 2.52 bits per heavy atom. The standard InChI is InChI=1S/C17H22N4O.ClH/c1-12-16(11-21(20-12)15-5-3-2-4-6-15)17(22)19-14-9-7-13(18)8-10-14;/h2-6,11,13-14H,7-10,18H2,1H3,(H,19,22);1H. The number of amides is 1. The van der Waals surface area contributed by atoms with Gasteiger partial charge in [0, 0.05) is 18.3 Å². The molecule has 3 N–H and O–H groups in total. The van der Waals surface area contributed by atoms with Crippen LogP contribution in [0.2, 0.25) is 0 Å². The Kier molecular flexibility index (Phi) is 5.80. The van der Waals surface area contributed by atoms with E-state index >= 15 is 0 Å². The molecule has 0 atom stereocenters. The van der Waals surface area contributed by atoms with E-state index in [1.54, 1.807) is 10.9 Å². The maximum Gasteiger partial charge on any atom is 0.254 e. The molecular formula is C17H23ClN4O. The number of benzene rings is 1. The number of aryl methyl sites for hydroxylation is 1. The second-order valence-corrected chi connectivity index (χ2v) is 5.99. The van der Waals surface area contributed by atoms with Crippen LogP contribution in [0.1, 0.15) is 41.7 Å². The van der Waals surface area contributed by atoms with Crippen molar-refractivity contribution in [2.24, 2.45) is 5.73 Å². The van der Waals surface area contributed by atoms with Crippen molar-refractivity contribution in [1.82, 2.24) is 15.1 Å². The van der Waals surface area contributed by atoms with Gasteiger partial charge in [0.25, 0.3) is 5.91 Å². The molecule has 1 aliphatic rings. The van der Waals surface area contributed by atoms with E-state index < -0.39 is 0 Å². The molecule has 1 saturated carbocycles. The zero-order valence-electron chi connectivity index (χ0n) is 13.2. The Balaban J connectivity index is 0.00000192. The summed E-state index contributed by atoms with van der Waals surface area (Å²) in [4.78, 5) is 12.5. The van der Waals surface area contributed by atoms with Crippen LogP contribution in [0.5, 0.6) is 0 Å². The molecule has 0 saturated heterocycles. The van der Waals surface area contributed by atoms with Gasteiger partial charge in [-0.2, -0.15) is 5.10 Å². The number of nitrogens with zero attached hydrogens (tertiary/aromatic N) is 2. The van der Waals surface area contributed by atoms with Crippen molar-refractivity contribution >= 4 is 18.3 Å². The van der Waals surface area contributed by atoms with Crippen molar-refractivity contribution in [3.8, 4) is 5.69 Å². The molecular weight excluding hydrogens is 312 g/mol. The van der Waals surface area contributed by atoms with E-state index in [1.165, 1.54) is 0 Å². The molecule has 0 bridgehead atoms. The Morgan fingerprint density at radius 1 is 1.22 bits per heavy atom. The molecule has 6 heteroatoms. The first-order chi connectivity index (χ1) is 10.6. The number of carbonyl (C=O) groups excluding carboxylic acids is 1. The highest BCUT2D eigenvalue weighted by Gasteiger charge is 2.22. The van der Waals surface area contributed by atoms with E-state index in [2.05, 4.69) is 10.4 Å². The average molecular weight is 335 g/mol. The van der Waals surface area contributed by atoms with Crippen molar-refractivity contribution in [2.75, 3.05) is 0 Å². The van der Waals surface area contributed by atoms with E-state index in [0.717, 1.165) is 37.1 Å². The quantitative estimate of drug-likeness (QED) is 0.906. The average Bonchev–Trinajstić information content (AvgIpc) is 2.92. The Hall–Kier alpha value is -1.85. The Labute approximate surface area is 142 Å². The fourth-order valence-corrected chi connectivity index (χ4v) is 2.92. The summed E-state index contributed by atoms with van der Waals surface area (Å²) >= 11 is 0. The minimum absolute atomic E-state index is 0. The molecule has 0 spiro atoms. The monoisotopic (exact) mass is 334 g/mol. The second-order valence-electron chi connectivity index (χ2n) is 5.99. The van der Waals surface area contributed by atoms with Crippen LogP contribution in [-0.4, -0.2) is 27.8 Å². The molecule has 124 valence electrons. The van der Waals surface area contributed by atoms with Crippen molar-refractivity contribution in [3.05, 3.63) is 47.8 Å². The van der Waals surface area contributed by atoms with Crippen LogP contribution < -0.4 is 11.1 Å². The van der Waals surface area contributed by atoms with Gasteiger partial charge in [-0.25, -0.2) is 4.68 Å². The van der Waals surface area contributed by atoms with Gasteiger partial charge < -0.3 is 11.1 Å². The molecule has 0 aliphatic heterocycles. The van der Waals surface area contributed by atoms with E-state index in [9.17, 15) is 4.79 Å². The van der Waals surface area contributed by atoms with Crippen LogP contribution in [-0.2, 0) is 0 Å². The third-order valence-electron chi connectivity index (χ3n) is 4.27. The van der Waals surface area contributed by atoms with Crippen LogP contribution in [0, 0.1) is 6.92 Å². The third kappa shape index (κ3) is 4.12. The number of halogens is 1. The summed E-state index contributed by atoms with van der Waals surface area (Å²) < 4.78 is 1.75. The van der Waals surface area contributed by atoms with Crippen molar-refractivity contribution < 1.29 is 4.79 Å². The lowest BCUT2D eigenvalue weighted by Gasteiger charge is -2.26. The van der Waals surface area contributed by atoms with Gasteiger partial charge in [-0.3, -0.25) is 4.79 Å². The zero-order chi connectivity index (χ0) is 15.5. The lowest BCUT2D eigenvalue weighted by molar-refractivity contribution is 0.0925. The molecule has 1 amide bonds. The smallest absolute Gasteiger partial charge is 0.254 e. The predicted octanol–water partition coefficient (Wildman–Crippen LogP) is 2.60. The maximum atomic E-state index is 12.5. The van der Waals surface area contributed by atoms with E-state index in [4.69, 9.17) is 5.73 Å². The largest absolute Gasteiger partial charge is 0.349 e. The highest BCUT2D eigenvalue weighted by atomic mass is 35.5. The number of rotatable bonds is 3. The Bertz CT molecular complexity index is 648. The first-order valence-electron chi connectivity index (χ1n) is 7.81. The van der Waals surface area contributed by atoms with Crippen molar-refractivity contribution in [3.63, 3.8) is 0 Å². The van der Waals surface area contributed by atoms with Gasteiger partial charge in [0.2, 0.25) is 0 Å². The molecule has 1 fully saturated rings. The van der Waals surface area contributed by atoms with Gasteiger partial charge in [-0.15, -0.1) is 12.4 Å². The normalized spacial score (nSPS) is 20.6. The number of hydrogen-bond acceptors (Lipinski definition) is 3. The van der Waals surface area contributed by atoms with Crippen LogP contribution in [0.15, 0.2) is 36.5 Å². The molecule has 5 nitrogen and oxygen atoms in total. The van der Waals surface area contributed by atoms with Crippen molar-refractivity contribution in [2.45, 2.75) is 44.7 Å². The second kappa shape index (κ2) is 7.62. The Morgan fingerprint density at radius 2 is 1.87 bits per heavy atom. The summed E-state index contributed by atoms with van der Waals surface area (Å²) in [6.07, 6.45) is 5.67. The highest BCUT2D eigenvalue weighted by Crippen LogP contribution is 2.18. The van der Waals surface area contributed by atoms with Gasteiger partial charge in [0.15, 0.2) is 0 Å². The highest BCUT2D eigenvalue weighted by molar-refractivity contribution is 5.95. The van der Waals surface area contributed by atoms with Gasteiger partial charge in [0.1, 0.15) is 0 Å². The summed E-state index contributed by atoms with van der Waals surface area (Å²) in [5.74, 6) is -0.0415. The number of carbonyl (C=O) groups is 1. The fraction of sp³-hybridized carbons (Fsp3) is 0.412. The number of nitrogens with two attached hydrogens (primary N) is 1. The maximum absolute atomic E-state index is 12.5. The summed E-state index contributed by atoms with van der Waals surface area (Å²) in [5, 5.41) is 7.56. The molecule has 1 heterocycles. The van der Waals surface area contributed by atoms with Gasteiger partial charge in [-0.05, 0) is 44.7 Å². The van der Waals surface area contributed by atoms with Crippen LogP contribution in [0.3, 0.4) is 0 Å². The summed E-state index contributed by atoms with van der Waals surface area (Å²) in [6.45, 7) is 1.87. The lowest BCUT2D eigenvalue weighted by Crippen LogP contribution is -2.40. The zero-order valence-corrected chi connectivity index (χ0v) is 14.1. The first kappa shape index (κ1) is 17.5. The summed E-state index contributed by atoms with van der Waals surface area (Å²) in [6, 6.07) is 10.3. The van der Waals surface area contributed by atoms with Crippen LogP contribution in [0.25, 0.3) is 5.69 Å². The molecule has 1 aromatic carbocycles. The molecule has 3 rings (SSSR count). The molecule has 0 radical (unpaired) electrons. The van der Waals surface area contributed by atoms with Gasteiger partial charge in [-0.1, -0.05) is 18.2 Å². The number of hydrogen-bond donors (Lipinski definition) is 2. The minimum Gasteiger partial charge on any atom is -0.349 e. The van der Waals surface area contributed by atoms with E-state index in [-0.39, 0.29) is 30.4 Å². The number of nitrogens with one attached hydrogen (secondary N) is 1. The lowest BCUT2D eigenvalue weighted by atomic mass is 9.91. The third-order valence-corrected chi connectivity index (χ3v) is 4.27. The number of aromatic nitrogens is 2. The number of para-hydroxylation sites is 1. The summed E-state index contributed by atoms with van der Waals surface area (Å²) in [7, 11) is 0. The molecule has 0 unspecified atom stereocenters. The van der Waals surface area contributed by atoms with Crippen LogP contribution >= 0.6 is 12.4 Å². The predicted molar refractivity (Wildman–Crippen MR) is 93.2 cm³/mol. The van der Waals surface area contributed by atoms with Gasteiger partial charge in [0.05, 0.1) is 16.9 Å². The summed E-state index contributed by atoms with van der Waals surface area (Å²) in [5.41, 5.74) is 8.24. The molecule has 1 aliphatic carbocycles. The molecule has 1 aromatic heterocycles. The van der Waals surface area contributed by atoms with E-state index in [0.29, 0.717) is 5.56 Å². The topological polar surface area (TPSA) is 72.9 Å². The fourth-order valence-electron chi connectivity index (χ4n) is 2.92. The first-order valence-corrected chi connectivity index (χ1v) is 7.81. The van der Waals surface area contributed by atoms with Gasteiger partial charge >= 0.3 is 0 Å². The minimum atomic E-state index is -0.0415. The van der Waals surface area contributed by atoms with E-state index in [1.807, 2.05) is 37.3 Å². The van der Waals surface area contributed by atoms with Crippen molar-refractivity contribution in [1.29, 1.82) is 0 Å². The SMILES string of the molecule is Cc1nn(-c2ccccc2)cc1C(=O)NC1CCC(N)CC1.Cl.